The van der Waals surface area contributed by atoms with E-state index in [0.717, 1.165) is 28.8 Å². The Morgan fingerprint density at radius 1 is 1.06 bits per heavy atom. The van der Waals surface area contributed by atoms with Gasteiger partial charge in [-0.25, -0.2) is 4.79 Å². The Hall–Kier alpha value is -3.18. The lowest BCUT2D eigenvalue weighted by Crippen LogP contribution is -2.43. The van der Waals surface area contributed by atoms with Gasteiger partial charge in [0.25, 0.3) is 0 Å². The number of aliphatic hydroxyl groups excluding tert-OH is 1. The van der Waals surface area contributed by atoms with Gasteiger partial charge in [0, 0.05) is 37.9 Å². The second-order valence-corrected chi connectivity index (χ2v) is 7.64. The van der Waals surface area contributed by atoms with E-state index < -0.39 is 0 Å². The van der Waals surface area contributed by atoms with Crippen molar-refractivity contribution in [2.24, 2.45) is 0 Å². The third kappa shape index (κ3) is 6.40. The molecule has 2 aromatic carbocycles. The van der Waals surface area contributed by atoms with Crippen molar-refractivity contribution in [1.82, 2.24) is 9.88 Å². The molecular formula is C26H30N2O3. The Balaban J connectivity index is 0.000000391. The van der Waals surface area contributed by atoms with Crippen LogP contribution >= 0.6 is 0 Å². The van der Waals surface area contributed by atoms with Crippen molar-refractivity contribution in [3.63, 3.8) is 0 Å². The minimum atomic E-state index is -0.300. The molecule has 2 atom stereocenters. The van der Waals surface area contributed by atoms with Crippen LogP contribution in [0.15, 0.2) is 79.0 Å². The van der Waals surface area contributed by atoms with Gasteiger partial charge in [0.15, 0.2) is 0 Å². The van der Waals surface area contributed by atoms with Gasteiger partial charge in [-0.3, -0.25) is 4.98 Å². The summed E-state index contributed by atoms with van der Waals surface area (Å²) in [7, 11) is 0. The molecule has 1 aliphatic heterocycles. The molecule has 0 aliphatic carbocycles. The van der Waals surface area contributed by atoms with Crippen LogP contribution in [-0.2, 0) is 4.74 Å². The summed E-state index contributed by atoms with van der Waals surface area (Å²) < 4.78 is 5.41. The number of amides is 1. The van der Waals surface area contributed by atoms with Crippen LogP contribution in [0.4, 0.5) is 4.79 Å². The molecule has 3 aromatic rings. The highest BCUT2D eigenvalue weighted by Gasteiger charge is 2.30. The topological polar surface area (TPSA) is 62.7 Å². The minimum absolute atomic E-state index is 0.0451. The highest BCUT2D eigenvalue weighted by molar-refractivity contribution is 5.69. The second-order valence-electron chi connectivity index (χ2n) is 7.64. The Morgan fingerprint density at radius 2 is 1.71 bits per heavy atom. The highest BCUT2D eigenvalue weighted by Crippen LogP contribution is 2.28. The van der Waals surface area contributed by atoms with Crippen LogP contribution in [0, 0.1) is 6.92 Å². The van der Waals surface area contributed by atoms with Gasteiger partial charge in [-0.05, 0) is 42.7 Å². The van der Waals surface area contributed by atoms with Crippen LogP contribution in [-0.4, -0.2) is 40.3 Å². The summed E-state index contributed by atoms with van der Waals surface area (Å²) in [5, 5.41) is 8.99. The molecule has 0 saturated carbocycles. The Labute approximate surface area is 184 Å². The molecule has 1 saturated heterocycles. The summed E-state index contributed by atoms with van der Waals surface area (Å²) in [5.41, 5.74) is 4.33. The number of carbonyl (C=O) groups is 1. The maximum atomic E-state index is 12.2. The van der Waals surface area contributed by atoms with Crippen molar-refractivity contribution < 1.29 is 14.6 Å². The van der Waals surface area contributed by atoms with E-state index in [9.17, 15) is 4.79 Å². The molecule has 0 bridgehead atoms. The molecule has 1 aliphatic rings. The third-order valence-corrected chi connectivity index (χ3v) is 5.40. The van der Waals surface area contributed by atoms with E-state index in [2.05, 4.69) is 35.3 Å². The van der Waals surface area contributed by atoms with E-state index in [-0.39, 0.29) is 24.8 Å². The minimum Gasteiger partial charge on any atom is -0.446 e. The fourth-order valence-electron chi connectivity index (χ4n) is 3.59. The molecule has 2 heterocycles. The van der Waals surface area contributed by atoms with E-state index in [1.807, 2.05) is 62.5 Å². The first-order valence-corrected chi connectivity index (χ1v) is 10.7. The van der Waals surface area contributed by atoms with E-state index >= 15 is 0 Å². The molecule has 5 heteroatoms. The number of hydrogen-bond donors (Lipinski definition) is 1. The van der Waals surface area contributed by atoms with Crippen molar-refractivity contribution in [3.8, 4) is 11.1 Å². The Morgan fingerprint density at radius 3 is 2.26 bits per heavy atom. The number of rotatable bonds is 5. The van der Waals surface area contributed by atoms with Gasteiger partial charge in [-0.1, -0.05) is 60.7 Å². The molecular weight excluding hydrogens is 388 g/mol. The largest absolute Gasteiger partial charge is 0.446 e. The van der Waals surface area contributed by atoms with Crippen molar-refractivity contribution in [3.05, 3.63) is 90.3 Å². The lowest BCUT2D eigenvalue weighted by Gasteiger charge is -2.35. The number of ether oxygens (including phenoxy) is 1. The lowest BCUT2D eigenvalue weighted by molar-refractivity contribution is 0.00401. The number of aryl methyl sites for hydroxylation is 1. The predicted octanol–water partition coefficient (Wildman–Crippen LogP) is 5.40. The molecule has 1 aromatic heterocycles. The fraction of sp³-hybridized carbons (Fsp3) is 0.308. The van der Waals surface area contributed by atoms with E-state index in [4.69, 9.17) is 9.84 Å². The Kier molecular flexibility index (Phi) is 8.19. The third-order valence-electron chi connectivity index (χ3n) is 5.40. The quantitative estimate of drug-likeness (QED) is 0.603. The first kappa shape index (κ1) is 22.5. The SMILES string of the molecule is Cc1cc(-c2ccc(C(C)N3CCC(CCO)OC3=O)cc2)ccn1.c1ccccc1. The molecule has 2 unspecified atom stereocenters. The van der Waals surface area contributed by atoms with E-state index in [1.165, 1.54) is 0 Å². The van der Waals surface area contributed by atoms with Crippen molar-refractivity contribution in [2.45, 2.75) is 38.8 Å². The average molecular weight is 419 g/mol. The fourth-order valence-corrected chi connectivity index (χ4v) is 3.59. The maximum Gasteiger partial charge on any atom is 0.410 e. The van der Waals surface area contributed by atoms with Crippen LogP contribution in [0.5, 0.6) is 0 Å². The molecule has 162 valence electrons. The number of aromatic nitrogens is 1. The predicted molar refractivity (Wildman–Crippen MR) is 123 cm³/mol. The van der Waals surface area contributed by atoms with Gasteiger partial charge in [0.1, 0.15) is 6.10 Å². The van der Waals surface area contributed by atoms with Gasteiger partial charge in [0.05, 0.1) is 6.04 Å². The molecule has 0 spiro atoms. The van der Waals surface area contributed by atoms with Gasteiger partial charge in [0.2, 0.25) is 0 Å². The van der Waals surface area contributed by atoms with Crippen molar-refractivity contribution in [1.29, 1.82) is 0 Å². The summed E-state index contributed by atoms with van der Waals surface area (Å²) in [6, 6.07) is 24.3. The van der Waals surface area contributed by atoms with Gasteiger partial charge in [-0.15, -0.1) is 0 Å². The number of aliphatic hydroxyl groups is 1. The van der Waals surface area contributed by atoms with Crippen LogP contribution < -0.4 is 0 Å². The zero-order valence-electron chi connectivity index (χ0n) is 18.1. The van der Waals surface area contributed by atoms with Crippen LogP contribution in [0.3, 0.4) is 0 Å². The maximum absolute atomic E-state index is 12.2. The summed E-state index contributed by atoms with van der Waals surface area (Å²) in [6.45, 7) is 4.69. The summed E-state index contributed by atoms with van der Waals surface area (Å²) >= 11 is 0. The first-order valence-electron chi connectivity index (χ1n) is 10.7. The highest BCUT2D eigenvalue weighted by atomic mass is 16.6. The lowest BCUT2D eigenvalue weighted by atomic mass is 10.0. The first-order chi connectivity index (χ1) is 15.1. The molecule has 31 heavy (non-hydrogen) atoms. The van der Waals surface area contributed by atoms with E-state index in [1.54, 1.807) is 4.90 Å². The number of hydrogen-bond acceptors (Lipinski definition) is 4. The number of pyridine rings is 1. The molecule has 1 N–H and O–H groups in total. The summed E-state index contributed by atoms with van der Waals surface area (Å²) in [5.74, 6) is 0. The molecule has 5 nitrogen and oxygen atoms in total. The zero-order chi connectivity index (χ0) is 22.1. The zero-order valence-corrected chi connectivity index (χ0v) is 18.1. The normalized spacial score (nSPS) is 16.7. The van der Waals surface area contributed by atoms with Gasteiger partial charge >= 0.3 is 6.09 Å². The van der Waals surface area contributed by atoms with Crippen molar-refractivity contribution >= 4 is 6.09 Å². The smallest absolute Gasteiger partial charge is 0.410 e. The Bertz CT molecular complexity index is 918. The summed E-state index contributed by atoms with van der Waals surface area (Å²) in [4.78, 5) is 18.2. The van der Waals surface area contributed by atoms with Crippen molar-refractivity contribution in [2.75, 3.05) is 13.2 Å². The van der Waals surface area contributed by atoms with Crippen LogP contribution in [0.25, 0.3) is 11.1 Å². The van der Waals surface area contributed by atoms with Gasteiger partial charge < -0.3 is 14.7 Å². The number of carbonyl (C=O) groups excluding carboxylic acids is 1. The number of benzene rings is 2. The monoisotopic (exact) mass is 418 g/mol. The molecule has 4 rings (SSSR count). The number of cyclic esters (lactones) is 1. The van der Waals surface area contributed by atoms with Crippen LogP contribution in [0.2, 0.25) is 0 Å². The van der Waals surface area contributed by atoms with E-state index in [0.29, 0.717) is 13.0 Å². The summed E-state index contributed by atoms with van der Waals surface area (Å²) in [6.07, 6.45) is 2.61. The standard InChI is InChI=1S/C20H24N2O3.C6H6/c1-14-13-18(7-10-21-14)17-5-3-16(4-6-17)15(2)22-11-8-19(9-12-23)25-20(22)24;1-2-4-6-5-3-1/h3-7,10,13,15,19,23H,8-9,11-12H2,1-2H3;1-6H. The number of nitrogens with zero attached hydrogens (tertiary/aromatic N) is 2. The molecule has 1 amide bonds. The molecule has 1 fully saturated rings. The average Bonchev–Trinajstić information content (AvgIpc) is 2.81. The van der Waals surface area contributed by atoms with Gasteiger partial charge in [-0.2, -0.15) is 0 Å². The second kappa shape index (κ2) is 11.3. The molecule has 0 radical (unpaired) electrons. The van der Waals surface area contributed by atoms with Crippen LogP contribution in [0.1, 0.15) is 37.1 Å².